The number of rotatable bonds is 74. The lowest BCUT2D eigenvalue weighted by molar-refractivity contribution is -0.161. The highest BCUT2D eigenvalue weighted by molar-refractivity contribution is 7.47. The summed E-state index contributed by atoms with van der Waals surface area (Å²) in [6.07, 6.45) is 103. The summed E-state index contributed by atoms with van der Waals surface area (Å²) in [6.45, 7) is 3.68. The first kappa shape index (κ1) is 88.2. The Kier molecular flexibility index (Phi) is 73.9. The topological polar surface area (TPSA) is 134 Å². The highest BCUT2D eigenvalue weighted by Gasteiger charge is 2.26. The monoisotopic (exact) mass is 1290 g/mol. The van der Waals surface area contributed by atoms with Gasteiger partial charge in [0, 0.05) is 19.4 Å². The van der Waals surface area contributed by atoms with Crippen LogP contribution in [0.5, 0.6) is 0 Å². The van der Waals surface area contributed by atoms with E-state index in [1.807, 2.05) is 0 Å². The summed E-state index contributed by atoms with van der Waals surface area (Å²) in [5, 5.41) is 0. The third-order valence-electron chi connectivity index (χ3n) is 17.3. The molecule has 10 heteroatoms. The number of hydrogen-bond donors (Lipinski definition) is 2. The second kappa shape index (κ2) is 76.2. The Hall–Kier alpha value is -2.81. The Morgan fingerprint density at radius 1 is 0.341 bits per heavy atom. The Morgan fingerprint density at radius 2 is 0.604 bits per heavy atom. The summed E-state index contributed by atoms with van der Waals surface area (Å²) >= 11 is 0. The highest BCUT2D eigenvalue weighted by atomic mass is 31.2. The summed E-state index contributed by atoms with van der Waals surface area (Å²) in [4.78, 5) is 35.4. The van der Waals surface area contributed by atoms with Crippen molar-refractivity contribution in [1.29, 1.82) is 0 Å². The molecule has 0 bridgehead atoms. The lowest BCUT2D eigenvalue weighted by Gasteiger charge is -2.19. The molecule has 530 valence electrons. The van der Waals surface area contributed by atoms with E-state index in [0.29, 0.717) is 6.42 Å². The van der Waals surface area contributed by atoms with E-state index in [4.69, 9.17) is 24.3 Å². The minimum atomic E-state index is -4.40. The molecule has 0 aromatic carbocycles. The summed E-state index contributed by atoms with van der Waals surface area (Å²) in [6, 6.07) is 0. The Morgan fingerprint density at radius 3 is 0.901 bits per heavy atom. The zero-order valence-corrected chi connectivity index (χ0v) is 60.7. The number of hydrogen-bond acceptors (Lipinski definition) is 8. The molecule has 0 aromatic rings. The van der Waals surface area contributed by atoms with Crippen LogP contribution in [-0.2, 0) is 32.7 Å². The van der Waals surface area contributed by atoms with Gasteiger partial charge in [-0.25, -0.2) is 4.57 Å². The van der Waals surface area contributed by atoms with E-state index in [2.05, 4.69) is 98.9 Å². The van der Waals surface area contributed by atoms with Crippen molar-refractivity contribution in [1.82, 2.24) is 0 Å². The van der Waals surface area contributed by atoms with Crippen LogP contribution in [0.15, 0.2) is 85.1 Å². The predicted octanol–water partition coefficient (Wildman–Crippen LogP) is 26.1. The van der Waals surface area contributed by atoms with Gasteiger partial charge in [0.15, 0.2) is 6.10 Å². The molecule has 0 radical (unpaired) electrons. The average molecular weight is 1300 g/mol. The largest absolute Gasteiger partial charge is 0.472 e. The number of nitrogens with two attached hydrogens (primary N) is 1. The van der Waals surface area contributed by atoms with Crippen LogP contribution in [0.4, 0.5) is 0 Å². The van der Waals surface area contributed by atoms with Crippen LogP contribution in [-0.4, -0.2) is 49.3 Å². The van der Waals surface area contributed by atoms with E-state index in [9.17, 15) is 19.0 Å². The van der Waals surface area contributed by atoms with Gasteiger partial charge in [0.25, 0.3) is 0 Å². The smallest absolute Gasteiger partial charge is 0.462 e. The van der Waals surface area contributed by atoms with Gasteiger partial charge in [-0.15, -0.1) is 0 Å². The van der Waals surface area contributed by atoms with Gasteiger partial charge in [-0.05, 0) is 89.9 Å². The second-order valence-electron chi connectivity index (χ2n) is 26.2. The first-order valence-corrected chi connectivity index (χ1v) is 40.6. The molecular weight excluding hydrogens is 1150 g/mol. The van der Waals surface area contributed by atoms with Crippen molar-refractivity contribution < 1.29 is 37.6 Å². The molecule has 0 fully saturated rings. The van der Waals surface area contributed by atoms with Gasteiger partial charge in [0.2, 0.25) is 0 Å². The molecule has 0 saturated heterocycles. The number of carbonyl (C=O) groups excluding carboxylic acids is 2. The molecule has 0 rings (SSSR count). The maximum atomic E-state index is 12.8. The number of allylic oxidation sites excluding steroid dienone is 14. The van der Waals surface area contributed by atoms with E-state index in [-0.39, 0.29) is 38.6 Å². The summed E-state index contributed by atoms with van der Waals surface area (Å²) in [5.74, 6) is -0.810. The number of ether oxygens (including phenoxy) is 2. The van der Waals surface area contributed by atoms with Crippen LogP contribution in [0.3, 0.4) is 0 Å². The molecule has 0 heterocycles. The number of phosphoric acid groups is 1. The third kappa shape index (κ3) is 76.1. The van der Waals surface area contributed by atoms with Gasteiger partial charge in [-0.2, -0.15) is 0 Å². The summed E-state index contributed by atoms with van der Waals surface area (Å²) in [7, 11) is -4.40. The minimum absolute atomic E-state index is 0.0537. The molecule has 9 nitrogen and oxygen atoms in total. The Balaban J connectivity index is 3.77. The van der Waals surface area contributed by atoms with Crippen LogP contribution >= 0.6 is 7.82 Å². The normalized spacial score (nSPS) is 13.3. The zero-order chi connectivity index (χ0) is 65.8. The fourth-order valence-corrected chi connectivity index (χ4v) is 12.3. The van der Waals surface area contributed by atoms with Crippen molar-refractivity contribution in [3.05, 3.63) is 85.1 Å². The predicted molar refractivity (Wildman–Crippen MR) is 395 cm³/mol. The van der Waals surface area contributed by atoms with Crippen LogP contribution in [0, 0.1) is 0 Å². The van der Waals surface area contributed by atoms with Gasteiger partial charge in [0.1, 0.15) is 6.61 Å². The Bertz CT molecular complexity index is 1770. The molecule has 2 unspecified atom stereocenters. The molecule has 0 aliphatic carbocycles. The molecule has 2 atom stereocenters. The number of phosphoric ester groups is 1. The molecule has 3 N–H and O–H groups in total. The maximum Gasteiger partial charge on any atom is 0.472 e. The van der Waals surface area contributed by atoms with Gasteiger partial charge in [0.05, 0.1) is 13.2 Å². The van der Waals surface area contributed by atoms with Crippen molar-refractivity contribution >= 4 is 19.8 Å². The number of carbonyl (C=O) groups is 2. The lowest BCUT2D eigenvalue weighted by Crippen LogP contribution is -2.29. The minimum Gasteiger partial charge on any atom is -0.462 e. The molecular formula is C81H148NO8P. The highest BCUT2D eigenvalue weighted by Crippen LogP contribution is 2.43. The average Bonchev–Trinajstić information content (AvgIpc) is 3.74. The van der Waals surface area contributed by atoms with E-state index in [1.54, 1.807) is 0 Å². The van der Waals surface area contributed by atoms with Gasteiger partial charge in [-0.1, -0.05) is 369 Å². The molecule has 0 aromatic heterocycles. The van der Waals surface area contributed by atoms with Crippen LogP contribution < -0.4 is 5.73 Å². The zero-order valence-electron chi connectivity index (χ0n) is 59.8. The summed E-state index contributed by atoms with van der Waals surface area (Å²) < 4.78 is 33.3. The number of esters is 2. The lowest BCUT2D eigenvalue weighted by atomic mass is 10.0. The van der Waals surface area contributed by atoms with Gasteiger partial charge in [-0.3, -0.25) is 18.6 Å². The first-order valence-electron chi connectivity index (χ1n) is 39.1. The Labute approximate surface area is 564 Å². The molecule has 91 heavy (non-hydrogen) atoms. The van der Waals surface area contributed by atoms with Crippen molar-refractivity contribution in [3.8, 4) is 0 Å². The fraction of sp³-hybridized carbons (Fsp3) is 0.802. The van der Waals surface area contributed by atoms with E-state index < -0.39 is 26.5 Å². The van der Waals surface area contributed by atoms with Gasteiger partial charge < -0.3 is 20.1 Å². The maximum absolute atomic E-state index is 12.8. The third-order valence-corrected chi connectivity index (χ3v) is 18.2. The molecule has 0 aliphatic rings. The van der Waals surface area contributed by atoms with E-state index >= 15 is 0 Å². The molecule has 0 aliphatic heterocycles. The fourth-order valence-electron chi connectivity index (χ4n) is 11.5. The summed E-state index contributed by atoms with van der Waals surface area (Å²) in [5.41, 5.74) is 5.41. The van der Waals surface area contributed by atoms with Crippen LogP contribution in [0.1, 0.15) is 386 Å². The van der Waals surface area contributed by atoms with Crippen LogP contribution in [0.2, 0.25) is 0 Å². The van der Waals surface area contributed by atoms with Gasteiger partial charge >= 0.3 is 19.8 Å². The standard InChI is InChI=1S/C81H148NO8P/c1-3-5-7-9-11-13-15-17-19-21-23-25-27-29-31-33-34-35-36-37-38-39-40-41-42-43-44-46-48-50-52-54-56-58-60-62-64-66-68-70-72-74-81(84)90-79(78-89-91(85,86)88-76-75-82)77-87-80(83)73-71-69-67-65-63-61-59-57-55-53-51-49-47-45-32-30-28-26-24-22-20-18-16-14-12-10-8-6-4-2/h5,7,11,13,16-19,22-25,28,30,79H,3-4,6,8-10,12,14-15,20-21,26-27,29,31-78,82H2,1-2H3,(H,85,86)/b7-5-,13-11-,18-16-,19-17-,24-22-,25-23-,30-28-. The van der Waals surface area contributed by atoms with Crippen molar-refractivity contribution in [3.63, 3.8) is 0 Å². The van der Waals surface area contributed by atoms with E-state index in [1.165, 1.54) is 283 Å². The van der Waals surface area contributed by atoms with E-state index in [0.717, 1.165) is 70.6 Å². The van der Waals surface area contributed by atoms with Crippen molar-refractivity contribution in [2.24, 2.45) is 5.73 Å². The molecule has 0 saturated carbocycles. The SMILES string of the molecule is CC/C=C\C/C=C\C/C=C\C/C=C\CCCCCCCCCCCCCCCCCCCCCCCCCCCCCCC(=O)OC(COC(=O)CCCCCCCCCCCCCCCC/C=C\C/C=C\C/C=C\CCCCCCC)COP(=O)(O)OCCN. The molecule has 0 amide bonds. The van der Waals surface area contributed by atoms with Crippen LogP contribution in [0.25, 0.3) is 0 Å². The molecule has 0 spiro atoms. The van der Waals surface area contributed by atoms with Crippen molar-refractivity contribution in [2.45, 2.75) is 392 Å². The quantitative estimate of drug-likeness (QED) is 0.0264. The second-order valence-corrected chi connectivity index (χ2v) is 27.7. The number of unbranched alkanes of at least 4 members (excludes halogenated alkanes) is 47. The van der Waals surface area contributed by atoms with Crippen molar-refractivity contribution in [2.75, 3.05) is 26.4 Å². The first-order chi connectivity index (χ1) is 44.8.